The Morgan fingerprint density at radius 1 is 1.04 bits per heavy atom. The zero-order chi connectivity index (χ0) is 16.1. The number of carbonyl (C=O) groups excluding carboxylic acids is 1. The van der Waals surface area contributed by atoms with Crippen molar-refractivity contribution in [3.05, 3.63) is 71.5 Å². The van der Waals surface area contributed by atoms with E-state index in [2.05, 4.69) is 29.2 Å². The molecule has 0 aromatic heterocycles. The van der Waals surface area contributed by atoms with Crippen LogP contribution in [0.15, 0.2) is 54.6 Å². The van der Waals surface area contributed by atoms with Crippen molar-refractivity contribution >= 4 is 5.78 Å². The number of Topliss-reactive ketones (excluding diaryl/α,β-unsaturated/α-hetero) is 1. The van der Waals surface area contributed by atoms with Crippen LogP contribution in [0.25, 0.3) is 0 Å². The number of likely N-dealkylation sites (tertiary alicyclic amines) is 1. The van der Waals surface area contributed by atoms with Crippen molar-refractivity contribution in [2.45, 2.75) is 25.8 Å². The van der Waals surface area contributed by atoms with Crippen molar-refractivity contribution in [1.82, 2.24) is 4.90 Å². The fourth-order valence-corrected chi connectivity index (χ4v) is 3.29. The first-order valence-electron chi connectivity index (χ1n) is 8.21. The lowest BCUT2D eigenvalue weighted by Gasteiger charge is -2.16. The highest BCUT2D eigenvalue weighted by molar-refractivity contribution is 5.81. The number of hydrogen-bond donors (Lipinski definition) is 0. The average Bonchev–Trinajstić information content (AvgIpc) is 2.97. The third-order valence-corrected chi connectivity index (χ3v) is 4.45. The minimum absolute atomic E-state index is 0.253. The minimum Gasteiger partial charge on any atom is -0.299 e. The Morgan fingerprint density at radius 2 is 1.78 bits per heavy atom. The SMILES string of the molecule is O=C(Cc1ccc(F)cc1)CC1CCN(Cc2ccccc2)C1. The molecule has 0 bridgehead atoms. The van der Waals surface area contributed by atoms with Gasteiger partial charge >= 0.3 is 0 Å². The predicted octanol–water partition coefficient (Wildman–Crippen LogP) is 3.85. The number of ketones is 1. The Balaban J connectivity index is 1.46. The molecule has 1 heterocycles. The van der Waals surface area contributed by atoms with Crippen LogP contribution in [-0.2, 0) is 17.8 Å². The minimum atomic E-state index is -0.256. The smallest absolute Gasteiger partial charge is 0.137 e. The molecule has 1 saturated heterocycles. The molecule has 3 rings (SSSR count). The lowest BCUT2D eigenvalue weighted by atomic mass is 9.98. The van der Waals surface area contributed by atoms with Gasteiger partial charge in [-0.1, -0.05) is 42.5 Å². The molecule has 1 unspecified atom stereocenters. The molecule has 0 aliphatic carbocycles. The Kier molecular flexibility index (Phi) is 5.19. The van der Waals surface area contributed by atoms with Crippen LogP contribution in [0.2, 0.25) is 0 Å². The summed E-state index contributed by atoms with van der Waals surface area (Å²) in [4.78, 5) is 14.6. The number of halogens is 1. The van der Waals surface area contributed by atoms with Crippen LogP contribution in [0.1, 0.15) is 24.0 Å². The average molecular weight is 311 g/mol. The maximum atomic E-state index is 12.9. The second-order valence-electron chi connectivity index (χ2n) is 6.42. The first kappa shape index (κ1) is 15.9. The molecule has 0 amide bonds. The summed E-state index contributed by atoms with van der Waals surface area (Å²) >= 11 is 0. The second-order valence-corrected chi connectivity index (χ2v) is 6.42. The summed E-state index contributed by atoms with van der Waals surface area (Å²) in [5.74, 6) is 0.448. The molecule has 0 N–H and O–H groups in total. The summed E-state index contributed by atoms with van der Waals surface area (Å²) in [6.45, 7) is 3.01. The maximum absolute atomic E-state index is 12.9. The molecule has 3 heteroatoms. The van der Waals surface area contributed by atoms with Gasteiger partial charge in [0.15, 0.2) is 0 Å². The number of benzene rings is 2. The summed E-state index contributed by atoms with van der Waals surface area (Å²) in [6.07, 6.45) is 2.13. The Bertz CT molecular complexity index is 638. The van der Waals surface area contributed by atoms with Crippen LogP contribution in [0.3, 0.4) is 0 Å². The highest BCUT2D eigenvalue weighted by atomic mass is 19.1. The van der Waals surface area contributed by atoms with Gasteiger partial charge < -0.3 is 0 Å². The Labute approximate surface area is 136 Å². The van der Waals surface area contributed by atoms with E-state index >= 15 is 0 Å². The van der Waals surface area contributed by atoms with Gasteiger partial charge in [-0.25, -0.2) is 4.39 Å². The van der Waals surface area contributed by atoms with Crippen LogP contribution in [-0.4, -0.2) is 23.8 Å². The van der Waals surface area contributed by atoms with Gasteiger partial charge in [-0.2, -0.15) is 0 Å². The quantitative estimate of drug-likeness (QED) is 0.807. The van der Waals surface area contributed by atoms with E-state index < -0.39 is 0 Å². The fraction of sp³-hybridized carbons (Fsp3) is 0.350. The van der Waals surface area contributed by atoms with E-state index in [1.807, 2.05) is 6.07 Å². The largest absolute Gasteiger partial charge is 0.299 e. The Morgan fingerprint density at radius 3 is 2.52 bits per heavy atom. The summed E-state index contributed by atoms with van der Waals surface area (Å²) in [7, 11) is 0. The van der Waals surface area contributed by atoms with Crippen molar-refractivity contribution in [3.8, 4) is 0 Å². The predicted molar refractivity (Wildman–Crippen MR) is 89.6 cm³/mol. The van der Waals surface area contributed by atoms with Gasteiger partial charge in [-0.3, -0.25) is 9.69 Å². The molecule has 1 aliphatic heterocycles. The van der Waals surface area contributed by atoms with E-state index in [4.69, 9.17) is 0 Å². The summed E-state index contributed by atoms with van der Waals surface area (Å²) < 4.78 is 12.9. The van der Waals surface area contributed by atoms with E-state index in [0.717, 1.165) is 31.6 Å². The molecular formula is C20H22FNO. The van der Waals surface area contributed by atoms with E-state index in [1.54, 1.807) is 12.1 Å². The Hall–Kier alpha value is -2.00. The van der Waals surface area contributed by atoms with Crippen LogP contribution < -0.4 is 0 Å². The molecule has 23 heavy (non-hydrogen) atoms. The van der Waals surface area contributed by atoms with Crippen molar-refractivity contribution in [2.24, 2.45) is 5.92 Å². The van der Waals surface area contributed by atoms with Crippen molar-refractivity contribution in [1.29, 1.82) is 0 Å². The van der Waals surface area contributed by atoms with Crippen LogP contribution in [0, 0.1) is 11.7 Å². The van der Waals surface area contributed by atoms with Crippen molar-refractivity contribution in [3.63, 3.8) is 0 Å². The van der Waals surface area contributed by atoms with E-state index in [1.165, 1.54) is 17.7 Å². The molecule has 1 atom stereocenters. The second kappa shape index (κ2) is 7.51. The van der Waals surface area contributed by atoms with Gasteiger partial charge in [0.05, 0.1) is 0 Å². The molecule has 2 nitrogen and oxygen atoms in total. The summed E-state index contributed by atoms with van der Waals surface area (Å²) in [5, 5.41) is 0. The standard InChI is InChI=1S/C20H22FNO/c21-19-8-6-16(7-9-19)12-20(23)13-18-10-11-22(15-18)14-17-4-2-1-3-5-17/h1-9,18H,10-15H2. The fourth-order valence-electron chi connectivity index (χ4n) is 3.29. The van der Waals surface area contributed by atoms with Gasteiger partial charge in [0, 0.05) is 25.9 Å². The highest BCUT2D eigenvalue weighted by Gasteiger charge is 2.24. The zero-order valence-corrected chi connectivity index (χ0v) is 13.2. The molecule has 2 aromatic rings. The van der Waals surface area contributed by atoms with E-state index in [9.17, 15) is 9.18 Å². The molecule has 0 radical (unpaired) electrons. The zero-order valence-electron chi connectivity index (χ0n) is 13.2. The van der Waals surface area contributed by atoms with Gasteiger partial charge in [0.1, 0.15) is 11.6 Å². The van der Waals surface area contributed by atoms with Gasteiger partial charge in [-0.05, 0) is 42.1 Å². The van der Waals surface area contributed by atoms with Crippen molar-refractivity contribution < 1.29 is 9.18 Å². The third-order valence-electron chi connectivity index (χ3n) is 4.45. The number of nitrogens with zero attached hydrogens (tertiary/aromatic N) is 1. The normalized spacial score (nSPS) is 18.2. The first-order chi connectivity index (χ1) is 11.2. The van der Waals surface area contributed by atoms with Gasteiger partial charge in [0.25, 0.3) is 0 Å². The lowest BCUT2D eigenvalue weighted by Crippen LogP contribution is -2.21. The monoisotopic (exact) mass is 311 g/mol. The van der Waals surface area contributed by atoms with Crippen LogP contribution >= 0.6 is 0 Å². The first-order valence-corrected chi connectivity index (χ1v) is 8.21. The van der Waals surface area contributed by atoms with Gasteiger partial charge in [-0.15, -0.1) is 0 Å². The highest BCUT2D eigenvalue weighted by Crippen LogP contribution is 2.22. The molecule has 1 fully saturated rings. The number of hydrogen-bond acceptors (Lipinski definition) is 2. The molecular weight excluding hydrogens is 289 g/mol. The summed E-state index contributed by atoms with van der Waals surface area (Å²) in [6, 6.07) is 16.7. The maximum Gasteiger partial charge on any atom is 0.137 e. The number of rotatable bonds is 6. The topological polar surface area (TPSA) is 20.3 Å². The lowest BCUT2D eigenvalue weighted by molar-refractivity contribution is -0.119. The molecule has 0 spiro atoms. The molecule has 2 aromatic carbocycles. The van der Waals surface area contributed by atoms with E-state index in [0.29, 0.717) is 18.8 Å². The molecule has 1 aliphatic rings. The van der Waals surface area contributed by atoms with E-state index in [-0.39, 0.29) is 11.6 Å². The molecule has 0 saturated carbocycles. The van der Waals surface area contributed by atoms with Crippen molar-refractivity contribution in [2.75, 3.05) is 13.1 Å². The van der Waals surface area contributed by atoms with Gasteiger partial charge in [0.2, 0.25) is 0 Å². The number of carbonyl (C=O) groups is 1. The van der Waals surface area contributed by atoms with Crippen LogP contribution in [0.5, 0.6) is 0 Å². The molecule has 120 valence electrons. The summed E-state index contributed by atoms with van der Waals surface area (Å²) in [5.41, 5.74) is 2.22. The third kappa shape index (κ3) is 4.73. The van der Waals surface area contributed by atoms with Crippen LogP contribution in [0.4, 0.5) is 4.39 Å².